The highest BCUT2D eigenvalue weighted by Crippen LogP contribution is 2.28. The Balaban J connectivity index is 1.56. The number of hydrazine groups is 1. The number of aryl methyl sites for hydroxylation is 2. The van der Waals surface area contributed by atoms with Crippen LogP contribution in [0.25, 0.3) is 6.08 Å². The van der Waals surface area contributed by atoms with Crippen LogP contribution < -0.4 is 15.6 Å². The van der Waals surface area contributed by atoms with Crippen LogP contribution in [0.15, 0.2) is 36.4 Å². The third-order valence-corrected chi connectivity index (χ3v) is 5.56. The van der Waals surface area contributed by atoms with E-state index in [1.807, 2.05) is 30.3 Å². The lowest BCUT2D eigenvalue weighted by Crippen LogP contribution is -2.40. The standard InChI is InChI=1S/C20H22N2O3S/c1-25-16-9-6-5-7-14(16)11-12-19(23)21-22-20(24)18-13-15-8-3-2-4-10-17(15)26-18/h5-7,9,11-13H,2-4,8,10H2,1H3,(H,21,23)(H,22,24)/b12-11+. The Morgan fingerprint density at radius 2 is 1.92 bits per heavy atom. The molecule has 0 fully saturated rings. The highest BCUT2D eigenvalue weighted by atomic mass is 32.1. The summed E-state index contributed by atoms with van der Waals surface area (Å²) in [6.07, 6.45) is 8.69. The fraction of sp³-hybridized carbons (Fsp3) is 0.300. The molecule has 136 valence electrons. The molecular weight excluding hydrogens is 348 g/mol. The normalized spacial score (nSPS) is 13.7. The van der Waals surface area contributed by atoms with Gasteiger partial charge in [-0.2, -0.15) is 0 Å². The highest BCUT2D eigenvalue weighted by Gasteiger charge is 2.16. The van der Waals surface area contributed by atoms with Crippen molar-refractivity contribution in [2.75, 3.05) is 7.11 Å². The molecule has 0 atom stereocenters. The van der Waals surface area contributed by atoms with E-state index >= 15 is 0 Å². The van der Waals surface area contributed by atoms with Gasteiger partial charge in [0.15, 0.2) is 0 Å². The van der Waals surface area contributed by atoms with Gasteiger partial charge in [0.05, 0.1) is 12.0 Å². The number of carbonyl (C=O) groups excluding carboxylic acids is 2. The first kappa shape index (κ1) is 18.2. The summed E-state index contributed by atoms with van der Waals surface area (Å²) >= 11 is 1.53. The van der Waals surface area contributed by atoms with Crippen molar-refractivity contribution in [3.8, 4) is 5.75 Å². The molecule has 2 amide bonds. The quantitative estimate of drug-likeness (QED) is 0.492. The Hall–Kier alpha value is -2.60. The summed E-state index contributed by atoms with van der Waals surface area (Å²) in [6, 6.07) is 9.35. The second kappa shape index (κ2) is 8.67. The van der Waals surface area contributed by atoms with Gasteiger partial charge in [0, 0.05) is 16.5 Å². The minimum absolute atomic E-state index is 0.276. The first-order valence-corrected chi connectivity index (χ1v) is 9.52. The van der Waals surface area contributed by atoms with Crippen molar-refractivity contribution in [3.05, 3.63) is 57.3 Å². The molecule has 0 radical (unpaired) electrons. The molecule has 1 aliphatic carbocycles. The van der Waals surface area contributed by atoms with E-state index in [1.165, 1.54) is 47.1 Å². The molecule has 5 nitrogen and oxygen atoms in total. The van der Waals surface area contributed by atoms with Gasteiger partial charge in [0.2, 0.25) is 0 Å². The van der Waals surface area contributed by atoms with Crippen LogP contribution in [-0.2, 0) is 17.6 Å². The molecule has 0 aliphatic heterocycles. The number of carbonyl (C=O) groups is 2. The molecule has 1 aromatic heterocycles. The molecule has 6 heteroatoms. The average molecular weight is 370 g/mol. The summed E-state index contributed by atoms with van der Waals surface area (Å²) in [7, 11) is 1.58. The maximum atomic E-state index is 12.3. The average Bonchev–Trinajstić information content (AvgIpc) is 2.95. The van der Waals surface area contributed by atoms with E-state index in [-0.39, 0.29) is 5.91 Å². The van der Waals surface area contributed by atoms with E-state index in [1.54, 1.807) is 13.2 Å². The molecule has 3 rings (SSSR count). The Kier molecular flexibility index (Phi) is 6.07. The number of ether oxygens (including phenoxy) is 1. The number of methoxy groups -OCH3 is 1. The van der Waals surface area contributed by atoms with Crippen molar-refractivity contribution in [2.24, 2.45) is 0 Å². The molecule has 0 saturated carbocycles. The van der Waals surface area contributed by atoms with E-state index in [0.29, 0.717) is 10.6 Å². The zero-order chi connectivity index (χ0) is 18.4. The van der Waals surface area contributed by atoms with Gasteiger partial charge in [-0.05, 0) is 49.5 Å². The number of hydrogen-bond acceptors (Lipinski definition) is 4. The molecule has 2 N–H and O–H groups in total. The van der Waals surface area contributed by atoms with Crippen LogP contribution in [0.3, 0.4) is 0 Å². The molecule has 2 aromatic rings. The van der Waals surface area contributed by atoms with Crippen molar-refractivity contribution >= 4 is 29.2 Å². The summed E-state index contributed by atoms with van der Waals surface area (Å²) in [4.78, 5) is 26.2. The molecule has 1 aliphatic rings. The predicted molar refractivity (Wildman–Crippen MR) is 103 cm³/mol. The van der Waals surface area contributed by atoms with Gasteiger partial charge >= 0.3 is 0 Å². The third-order valence-electron chi connectivity index (χ3n) is 4.32. The van der Waals surface area contributed by atoms with E-state index in [4.69, 9.17) is 4.74 Å². The molecule has 0 spiro atoms. The number of amides is 2. The third kappa shape index (κ3) is 4.52. The smallest absolute Gasteiger partial charge is 0.279 e. The Morgan fingerprint density at radius 3 is 2.77 bits per heavy atom. The number of hydrogen-bond donors (Lipinski definition) is 2. The Morgan fingerprint density at radius 1 is 1.12 bits per heavy atom. The van der Waals surface area contributed by atoms with Gasteiger partial charge in [-0.15, -0.1) is 11.3 Å². The summed E-state index contributed by atoms with van der Waals surface area (Å²) in [5.74, 6) is 0.00478. The molecule has 0 saturated heterocycles. The molecule has 0 bridgehead atoms. The van der Waals surface area contributed by atoms with Crippen molar-refractivity contribution in [3.63, 3.8) is 0 Å². The van der Waals surface area contributed by atoms with Gasteiger partial charge in [0.25, 0.3) is 11.8 Å². The Labute approximate surface area is 157 Å². The molecule has 1 heterocycles. The number of fused-ring (bicyclic) bond motifs is 1. The van der Waals surface area contributed by atoms with Crippen molar-refractivity contribution in [1.29, 1.82) is 0 Å². The fourth-order valence-corrected chi connectivity index (χ4v) is 4.12. The molecule has 1 aromatic carbocycles. The summed E-state index contributed by atoms with van der Waals surface area (Å²) in [6.45, 7) is 0. The van der Waals surface area contributed by atoms with Crippen molar-refractivity contribution < 1.29 is 14.3 Å². The van der Waals surface area contributed by atoms with Gasteiger partial charge in [-0.3, -0.25) is 20.4 Å². The van der Waals surface area contributed by atoms with Gasteiger partial charge in [-0.25, -0.2) is 0 Å². The van der Waals surface area contributed by atoms with E-state index in [2.05, 4.69) is 10.9 Å². The maximum absolute atomic E-state index is 12.3. The Bertz CT molecular complexity index is 803. The second-order valence-corrected chi connectivity index (χ2v) is 7.28. The van der Waals surface area contributed by atoms with Gasteiger partial charge < -0.3 is 4.74 Å². The molecule has 0 unspecified atom stereocenters. The van der Waals surface area contributed by atoms with Crippen LogP contribution >= 0.6 is 11.3 Å². The van der Waals surface area contributed by atoms with Gasteiger partial charge in [-0.1, -0.05) is 24.6 Å². The SMILES string of the molecule is COc1ccccc1/C=C/C(=O)NNC(=O)c1cc2c(s1)CCCCC2. The lowest BCUT2D eigenvalue weighted by Gasteiger charge is -2.05. The van der Waals surface area contributed by atoms with E-state index in [9.17, 15) is 9.59 Å². The van der Waals surface area contributed by atoms with Crippen molar-refractivity contribution in [1.82, 2.24) is 10.9 Å². The van der Waals surface area contributed by atoms with Crippen LogP contribution in [-0.4, -0.2) is 18.9 Å². The number of nitrogens with one attached hydrogen (secondary N) is 2. The predicted octanol–water partition coefficient (Wildman–Crippen LogP) is 3.50. The largest absolute Gasteiger partial charge is 0.496 e. The first-order chi connectivity index (χ1) is 12.7. The first-order valence-electron chi connectivity index (χ1n) is 8.70. The lowest BCUT2D eigenvalue weighted by atomic mass is 10.1. The highest BCUT2D eigenvalue weighted by molar-refractivity contribution is 7.14. The number of para-hydroxylation sites is 1. The second-order valence-electron chi connectivity index (χ2n) is 6.14. The lowest BCUT2D eigenvalue weighted by molar-refractivity contribution is -0.117. The minimum Gasteiger partial charge on any atom is -0.496 e. The zero-order valence-electron chi connectivity index (χ0n) is 14.7. The van der Waals surface area contributed by atoms with Crippen molar-refractivity contribution in [2.45, 2.75) is 32.1 Å². The van der Waals surface area contributed by atoms with Gasteiger partial charge in [0.1, 0.15) is 5.75 Å². The number of benzene rings is 1. The summed E-state index contributed by atoms with van der Waals surface area (Å²) in [5, 5.41) is 0. The van der Waals surface area contributed by atoms with E-state index in [0.717, 1.165) is 18.4 Å². The molecular formula is C20H22N2O3S. The van der Waals surface area contributed by atoms with Crippen LogP contribution in [0, 0.1) is 0 Å². The monoisotopic (exact) mass is 370 g/mol. The maximum Gasteiger partial charge on any atom is 0.279 e. The fourth-order valence-electron chi connectivity index (χ4n) is 2.97. The van der Waals surface area contributed by atoms with Crippen LogP contribution in [0.2, 0.25) is 0 Å². The number of rotatable bonds is 4. The number of thiophene rings is 1. The molecule has 26 heavy (non-hydrogen) atoms. The van der Waals surface area contributed by atoms with Crippen LogP contribution in [0.5, 0.6) is 5.75 Å². The van der Waals surface area contributed by atoms with Crippen LogP contribution in [0.4, 0.5) is 0 Å². The van der Waals surface area contributed by atoms with Crippen LogP contribution in [0.1, 0.15) is 44.9 Å². The zero-order valence-corrected chi connectivity index (χ0v) is 15.5. The topological polar surface area (TPSA) is 67.4 Å². The van der Waals surface area contributed by atoms with E-state index < -0.39 is 5.91 Å². The summed E-state index contributed by atoms with van der Waals surface area (Å²) < 4.78 is 5.23. The summed E-state index contributed by atoms with van der Waals surface area (Å²) in [5.41, 5.74) is 6.97. The minimum atomic E-state index is -0.401.